The van der Waals surface area contributed by atoms with Crippen LogP contribution < -0.4 is 5.32 Å². The van der Waals surface area contributed by atoms with E-state index >= 15 is 0 Å². The number of carbonyl (C=O) groups is 2. The van der Waals surface area contributed by atoms with E-state index in [4.69, 9.17) is 11.6 Å². The summed E-state index contributed by atoms with van der Waals surface area (Å²) in [4.78, 5) is 27.4. The number of nitrogens with zero attached hydrogens (tertiary/aromatic N) is 1. The van der Waals surface area contributed by atoms with Gasteiger partial charge in [0.2, 0.25) is 5.91 Å². The molecule has 0 saturated carbocycles. The molecule has 4 nitrogen and oxygen atoms in total. The molecule has 0 fully saturated rings. The summed E-state index contributed by atoms with van der Waals surface area (Å²) in [5.74, 6) is -0.113. The Morgan fingerprint density at radius 2 is 1.63 bits per heavy atom. The molecule has 0 unspecified atom stereocenters. The van der Waals surface area contributed by atoms with Gasteiger partial charge in [-0.2, -0.15) is 0 Å². The van der Waals surface area contributed by atoms with Crippen molar-refractivity contribution < 1.29 is 9.59 Å². The first-order valence-corrected chi connectivity index (χ1v) is 9.58. The third-order valence-electron chi connectivity index (χ3n) is 4.02. The number of carbonyl (C=O) groups excluding carboxylic acids is 2. The van der Waals surface area contributed by atoms with Gasteiger partial charge in [0, 0.05) is 29.7 Å². The minimum absolute atomic E-state index is 0.0418. The Morgan fingerprint density at radius 3 is 2.26 bits per heavy atom. The van der Waals surface area contributed by atoms with Gasteiger partial charge in [-0.1, -0.05) is 35.9 Å². The zero-order valence-electron chi connectivity index (χ0n) is 15.0. The zero-order valence-corrected chi connectivity index (χ0v) is 16.6. The van der Waals surface area contributed by atoms with Crippen molar-refractivity contribution in [1.82, 2.24) is 4.90 Å². The molecule has 0 atom stereocenters. The SMILES string of the molecule is CN(C)C(=O)Cc1ccc(NC(=O)c2ccc(-c3ccc(Cl)cc3)s2)cc1. The molecule has 0 aliphatic rings. The van der Waals surface area contributed by atoms with Gasteiger partial charge in [0.15, 0.2) is 0 Å². The Balaban J connectivity index is 1.65. The maximum Gasteiger partial charge on any atom is 0.265 e. The predicted molar refractivity (Wildman–Crippen MR) is 112 cm³/mol. The first kappa shape index (κ1) is 19.1. The Kier molecular flexibility index (Phi) is 5.94. The van der Waals surface area contributed by atoms with Crippen LogP contribution in [0.5, 0.6) is 0 Å². The van der Waals surface area contributed by atoms with E-state index in [0.29, 0.717) is 22.0 Å². The summed E-state index contributed by atoms with van der Waals surface area (Å²) in [7, 11) is 3.46. The summed E-state index contributed by atoms with van der Waals surface area (Å²) < 4.78 is 0. The first-order chi connectivity index (χ1) is 12.9. The van der Waals surface area contributed by atoms with E-state index in [1.165, 1.54) is 11.3 Å². The summed E-state index contributed by atoms with van der Waals surface area (Å²) >= 11 is 7.35. The molecule has 0 spiro atoms. The maximum atomic E-state index is 12.5. The Labute approximate surface area is 167 Å². The second-order valence-electron chi connectivity index (χ2n) is 6.29. The Hall–Kier alpha value is -2.63. The van der Waals surface area contributed by atoms with Crippen molar-refractivity contribution in [3.8, 4) is 10.4 Å². The molecule has 0 saturated heterocycles. The molecule has 0 aliphatic carbocycles. The molecule has 27 heavy (non-hydrogen) atoms. The summed E-state index contributed by atoms with van der Waals surface area (Å²) in [6, 6.07) is 18.6. The fraction of sp³-hybridized carbons (Fsp3) is 0.143. The van der Waals surface area contributed by atoms with Crippen LogP contribution >= 0.6 is 22.9 Å². The number of likely N-dealkylation sites (N-methyl/N-ethyl adjacent to an activating group) is 1. The lowest BCUT2D eigenvalue weighted by Crippen LogP contribution is -2.23. The largest absolute Gasteiger partial charge is 0.349 e. The second-order valence-corrected chi connectivity index (χ2v) is 7.81. The van der Waals surface area contributed by atoms with Crippen LogP contribution in [0.4, 0.5) is 5.69 Å². The molecule has 3 rings (SSSR count). The molecule has 0 radical (unpaired) electrons. The van der Waals surface area contributed by atoms with Crippen LogP contribution in [-0.4, -0.2) is 30.8 Å². The van der Waals surface area contributed by atoms with Crippen molar-refractivity contribution in [3.05, 3.63) is 76.1 Å². The van der Waals surface area contributed by atoms with Crippen LogP contribution in [0.1, 0.15) is 15.2 Å². The van der Waals surface area contributed by atoms with E-state index in [2.05, 4.69) is 5.32 Å². The maximum absolute atomic E-state index is 12.5. The minimum Gasteiger partial charge on any atom is -0.349 e. The Bertz CT molecular complexity index is 947. The van der Waals surface area contributed by atoms with E-state index in [1.54, 1.807) is 19.0 Å². The predicted octanol–water partition coefficient (Wildman–Crippen LogP) is 4.95. The lowest BCUT2D eigenvalue weighted by Gasteiger charge is -2.10. The summed E-state index contributed by atoms with van der Waals surface area (Å²) in [5.41, 5.74) is 2.63. The highest BCUT2D eigenvalue weighted by Gasteiger charge is 2.11. The number of rotatable bonds is 5. The second kappa shape index (κ2) is 8.37. The summed E-state index contributed by atoms with van der Waals surface area (Å²) in [6.45, 7) is 0. The molecule has 1 aromatic heterocycles. The number of thiophene rings is 1. The number of amides is 2. The van der Waals surface area contributed by atoms with E-state index in [9.17, 15) is 9.59 Å². The van der Waals surface area contributed by atoms with Crippen LogP contribution in [0.15, 0.2) is 60.7 Å². The van der Waals surface area contributed by atoms with E-state index < -0.39 is 0 Å². The lowest BCUT2D eigenvalue weighted by atomic mass is 10.1. The van der Waals surface area contributed by atoms with Crippen molar-refractivity contribution in [3.63, 3.8) is 0 Å². The molecule has 1 heterocycles. The van der Waals surface area contributed by atoms with Crippen molar-refractivity contribution in [2.24, 2.45) is 0 Å². The Morgan fingerprint density at radius 1 is 0.963 bits per heavy atom. The van der Waals surface area contributed by atoms with Crippen molar-refractivity contribution in [2.45, 2.75) is 6.42 Å². The first-order valence-electron chi connectivity index (χ1n) is 8.38. The summed E-state index contributed by atoms with van der Waals surface area (Å²) in [6.07, 6.45) is 0.344. The van der Waals surface area contributed by atoms with Gasteiger partial charge >= 0.3 is 0 Å². The highest BCUT2D eigenvalue weighted by Crippen LogP contribution is 2.29. The number of anilines is 1. The normalized spacial score (nSPS) is 10.5. The van der Waals surface area contributed by atoms with Gasteiger partial charge in [0.25, 0.3) is 5.91 Å². The van der Waals surface area contributed by atoms with Crippen LogP contribution in [0, 0.1) is 0 Å². The lowest BCUT2D eigenvalue weighted by molar-refractivity contribution is -0.127. The van der Waals surface area contributed by atoms with Crippen molar-refractivity contribution in [1.29, 1.82) is 0 Å². The van der Waals surface area contributed by atoms with Crippen molar-refractivity contribution in [2.75, 3.05) is 19.4 Å². The zero-order chi connectivity index (χ0) is 19.4. The highest BCUT2D eigenvalue weighted by atomic mass is 35.5. The van der Waals surface area contributed by atoms with Gasteiger partial charge in [0.1, 0.15) is 0 Å². The molecular formula is C21H19ClN2O2S. The monoisotopic (exact) mass is 398 g/mol. The van der Waals surface area contributed by atoms with Gasteiger partial charge in [0.05, 0.1) is 11.3 Å². The fourth-order valence-electron chi connectivity index (χ4n) is 2.46. The van der Waals surface area contributed by atoms with Crippen LogP contribution in [0.2, 0.25) is 5.02 Å². The average molecular weight is 399 g/mol. The topological polar surface area (TPSA) is 49.4 Å². The third-order valence-corrected chi connectivity index (χ3v) is 5.41. The molecule has 0 bridgehead atoms. The highest BCUT2D eigenvalue weighted by molar-refractivity contribution is 7.17. The van der Waals surface area contributed by atoms with E-state index in [1.807, 2.05) is 60.7 Å². The summed E-state index contributed by atoms with van der Waals surface area (Å²) in [5, 5.41) is 3.57. The van der Waals surface area contributed by atoms with Crippen LogP contribution in [0.3, 0.4) is 0 Å². The standard InChI is InChI=1S/C21H19ClN2O2S/c1-24(2)20(25)13-14-3-9-17(10-4-14)23-21(26)19-12-11-18(27-19)15-5-7-16(22)8-6-15/h3-12H,13H2,1-2H3,(H,23,26). The van der Waals surface area contributed by atoms with E-state index in [0.717, 1.165) is 16.0 Å². The molecule has 2 amide bonds. The fourth-order valence-corrected chi connectivity index (χ4v) is 3.49. The molecule has 1 N–H and O–H groups in total. The number of hydrogen-bond donors (Lipinski definition) is 1. The third kappa shape index (κ3) is 4.96. The van der Waals surface area contributed by atoms with Gasteiger partial charge in [-0.3, -0.25) is 9.59 Å². The molecule has 0 aliphatic heterocycles. The smallest absolute Gasteiger partial charge is 0.265 e. The minimum atomic E-state index is -0.155. The quantitative estimate of drug-likeness (QED) is 0.660. The van der Waals surface area contributed by atoms with Gasteiger partial charge < -0.3 is 10.2 Å². The van der Waals surface area contributed by atoms with Gasteiger partial charge in [-0.15, -0.1) is 11.3 Å². The van der Waals surface area contributed by atoms with Crippen LogP contribution in [-0.2, 0) is 11.2 Å². The molecule has 6 heteroatoms. The number of halogens is 1. The molecule has 2 aromatic carbocycles. The molecule has 3 aromatic rings. The van der Waals surface area contributed by atoms with Crippen LogP contribution in [0.25, 0.3) is 10.4 Å². The molecule has 138 valence electrons. The number of benzene rings is 2. The number of hydrogen-bond acceptors (Lipinski definition) is 3. The molecular weight excluding hydrogens is 380 g/mol. The van der Waals surface area contributed by atoms with Gasteiger partial charge in [-0.25, -0.2) is 0 Å². The number of nitrogens with one attached hydrogen (secondary N) is 1. The van der Waals surface area contributed by atoms with Crippen molar-refractivity contribution >= 4 is 40.4 Å². The van der Waals surface area contributed by atoms with E-state index in [-0.39, 0.29) is 11.8 Å². The van der Waals surface area contributed by atoms with Gasteiger partial charge in [-0.05, 0) is 47.5 Å². The average Bonchev–Trinajstić information content (AvgIpc) is 3.14.